The first kappa shape index (κ1) is 7.61. The highest BCUT2D eigenvalue weighted by atomic mass is 35.5. The average Bonchev–Trinajstić information content (AvgIpc) is 1.59. The first-order valence-electron chi connectivity index (χ1n) is 2.98. The first-order valence-corrected chi connectivity index (χ1v) is 3.86. The minimum Gasteiger partial charge on any atom is -0.286 e. The zero-order valence-corrected chi connectivity index (χ0v) is 6.71. The molecule has 0 spiro atoms. The lowest BCUT2D eigenvalue weighted by Gasteiger charge is -2.29. The van der Waals surface area contributed by atoms with Gasteiger partial charge in [-0.1, -0.05) is 0 Å². The molecule has 0 saturated carbocycles. The lowest BCUT2D eigenvalue weighted by molar-refractivity contribution is 0.348. The highest BCUT2D eigenvalue weighted by Gasteiger charge is 2.20. The number of hydrogen-bond donors (Lipinski definition) is 2. The van der Waals surface area contributed by atoms with E-state index in [9.17, 15) is 0 Å². The van der Waals surface area contributed by atoms with E-state index in [0.29, 0.717) is 0 Å². The van der Waals surface area contributed by atoms with Gasteiger partial charge in [-0.05, 0) is 6.92 Å². The van der Waals surface area contributed by atoms with E-state index in [0.717, 1.165) is 6.42 Å². The van der Waals surface area contributed by atoms with Crippen LogP contribution in [0.4, 0.5) is 0 Å². The summed E-state index contributed by atoms with van der Waals surface area (Å²) in [5, 5.41) is 6.16. The second kappa shape index (κ2) is 3.06. The average molecular weight is 169 g/mol. The molecule has 0 aromatic rings. The maximum absolute atomic E-state index is 5.77. The first-order chi connectivity index (χ1) is 4.18. The van der Waals surface area contributed by atoms with Crippen LogP contribution in [0.15, 0.2) is 0 Å². The summed E-state index contributed by atoms with van der Waals surface area (Å²) in [6.07, 6.45) is 0.997. The molecule has 1 aliphatic rings. The molecule has 1 saturated heterocycles. The van der Waals surface area contributed by atoms with Crippen molar-refractivity contribution >= 4 is 23.2 Å². The minimum absolute atomic E-state index is 0.0174. The number of alkyl halides is 2. The van der Waals surface area contributed by atoms with Gasteiger partial charge in [0.2, 0.25) is 0 Å². The second-order valence-corrected chi connectivity index (χ2v) is 3.28. The van der Waals surface area contributed by atoms with Crippen molar-refractivity contribution in [3.05, 3.63) is 0 Å². The van der Waals surface area contributed by atoms with Crippen molar-refractivity contribution in [1.29, 1.82) is 0 Å². The lowest BCUT2D eigenvalue weighted by atomic mass is 10.3. The van der Waals surface area contributed by atoms with Gasteiger partial charge in [-0.3, -0.25) is 10.6 Å². The van der Waals surface area contributed by atoms with Gasteiger partial charge in [-0.2, -0.15) is 0 Å². The fourth-order valence-electron chi connectivity index (χ4n) is 0.908. The van der Waals surface area contributed by atoms with Crippen molar-refractivity contribution < 1.29 is 0 Å². The third-order valence-electron chi connectivity index (χ3n) is 1.28. The van der Waals surface area contributed by atoms with Crippen LogP contribution >= 0.6 is 23.2 Å². The number of hydrogen-bond acceptors (Lipinski definition) is 2. The Balaban J connectivity index is 2.34. The zero-order valence-electron chi connectivity index (χ0n) is 5.20. The largest absolute Gasteiger partial charge is 0.286 e. The molecule has 0 bridgehead atoms. The molecule has 54 valence electrons. The lowest BCUT2D eigenvalue weighted by Crippen LogP contribution is -2.53. The third-order valence-corrected chi connectivity index (χ3v) is 1.88. The number of rotatable bonds is 0. The van der Waals surface area contributed by atoms with Crippen LogP contribution in [0.5, 0.6) is 0 Å². The molecule has 1 rings (SSSR count). The van der Waals surface area contributed by atoms with Crippen LogP contribution in [0, 0.1) is 0 Å². The molecular weight excluding hydrogens is 159 g/mol. The molecule has 1 fully saturated rings. The summed E-state index contributed by atoms with van der Waals surface area (Å²) in [6.45, 7) is 1.99. The van der Waals surface area contributed by atoms with E-state index in [1.807, 2.05) is 6.92 Å². The van der Waals surface area contributed by atoms with Gasteiger partial charge in [0.25, 0.3) is 0 Å². The van der Waals surface area contributed by atoms with Crippen molar-refractivity contribution in [2.75, 3.05) is 0 Å². The molecular formula is C5H10Cl2N2. The standard InChI is InChI=1S/C5H10Cl2N2/c1-3-8-4(6)2-5(7)9-3/h3-5,8-9H,2H2,1H3. The Labute approximate surface area is 64.9 Å². The van der Waals surface area contributed by atoms with Crippen molar-refractivity contribution in [2.45, 2.75) is 30.5 Å². The fourth-order valence-corrected chi connectivity index (χ4v) is 1.73. The maximum Gasteiger partial charge on any atom is 0.0864 e. The summed E-state index contributed by atoms with van der Waals surface area (Å²) in [5.74, 6) is 0. The molecule has 0 aromatic heterocycles. The Morgan fingerprint density at radius 3 is 2.00 bits per heavy atom. The summed E-state index contributed by atoms with van der Waals surface area (Å²) in [7, 11) is 0. The van der Waals surface area contributed by atoms with Gasteiger partial charge in [0.1, 0.15) is 0 Å². The highest BCUT2D eigenvalue weighted by Crippen LogP contribution is 2.11. The second-order valence-electron chi connectivity index (χ2n) is 2.23. The van der Waals surface area contributed by atoms with Crippen molar-refractivity contribution in [3.8, 4) is 0 Å². The molecule has 0 radical (unpaired) electrons. The molecule has 2 nitrogen and oxygen atoms in total. The Morgan fingerprint density at radius 1 is 1.22 bits per heavy atom. The van der Waals surface area contributed by atoms with Crippen molar-refractivity contribution in [1.82, 2.24) is 10.6 Å². The Morgan fingerprint density at radius 2 is 1.67 bits per heavy atom. The fraction of sp³-hybridized carbons (Fsp3) is 1.00. The molecule has 9 heavy (non-hydrogen) atoms. The van der Waals surface area contributed by atoms with E-state index >= 15 is 0 Å². The quantitative estimate of drug-likeness (QED) is 0.418. The molecule has 2 atom stereocenters. The van der Waals surface area contributed by atoms with Gasteiger partial charge in [-0.25, -0.2) is 0 Å². The van der Waals surface area contributed by atoms with Crippen LogP contribution in [0.25, 0.3) is 0 Å². The number of halogens is 2. The molecule has 2 unspecified atom stereocenters. The van der Waals surface area contributed by atoms with Gasteiger partial charge in [0.15, 0.2) is 0 Å². The van der Waals surface area contributed by atoms with E-state index in [2.05, 4.69) is 10.6 Å². The van der Waals surface area contributed by atoms with Crippen molar-refractivity contribution in [2.24, 2.45) is 0 Å². The molecule has 0 amide bonds. The molecule has 2 N–H and O–H groups in total. The van der Waals surface area contributed by atoms with Crippen LogP contribution in [-0.2, 0) is 0 Å². The summed E-state index contributed by atoms with van der Waals surface area (Å²) < 4.78 is 0. The molecule has 4 heteroatoms. The van der Waals surface area contributed by atoms with Crippen LogP contribution in [-0.4, -0.2) is 17.2 Å². The van der Waals surface area contributed by atoms with E-state index in [4.69, 9.17) is 23.2 Å². The molecule has 0 aromatic carbocycles. The Bertz CT molecular complexity index is 73.9. The van der Waals surface area contributed by atoms with Gasteiger partial charge in [0, 0.05) is 6.42 Å². The summed E-state index contributed by atoms with van der Waals surface area (Å²) in [4.78, 5) is 0. The van der Waals surface area contributed by atoms with Gasteiger partial charge >= 0.3 is 0 Å². The van der Waals surface area contributed by atoms with E-state index in [1.165, 1.54) is 0 Å². The minimum atomic E-state index is 0.0174. The SMILES string of the molecule is CC1NC(Cl)CC(Cl)N1. The van der Waals surface area contributed by atoms with E-state index in [-0.39, 0.29) is 17.2 Å². The Kier molecular flexibility index (Phi) is 2.59. The predicted molar refractivity (Wildman–Crippen MR) is 39.6 cm³/mol. The maximum atomic E-state index is 5.77. The Hall–Kier alpha value is 0.500. The molecule has 1 aliphatic heterocycles. The van der Waals surface area contributed by atoms with E-state index < -0.39 is 0 Å². The van der Waals surface area contributed by atoms with Crippen LogP contribution in [0.3, 0.4) is 0 Å². The molecule has 1 heterocycles. The summed E-state index contributed by atoms with van der Waals surface area (Å²) in [6, 6.07) is 0. The van der Waals surface area contributed by atoms with Gasteiger partial charge in [-0.15, -0.1) is 23.2 Å². The smallest absolute Gasteiger partial charge is 0.0864 e. The highest BCUT2D eigenvalue weighted by molar-refractivity contribution is 6.23. The normalized spacial score (nSPS) is 45.0. The van der Waals surface area contributed by atoms with Crippen molar-refractivity contribution in [3.63, 3.8) is 0 Å². The van der Waals surface area contributed by atoms with Crippen LogP contribution < -0.4 is 10.6 Å². The summed E-state index contributed by atoms with van der Waals surface area (Å²) >= 11 is 11.5. The van der Waals surface area contributed by atoms with Gasteiger partial charge < -0.3 is 0 Å². The third kappa shape index (κ3) is 2.30. The monoisotopic (exact) mass is 168 g/mol. The van der Waals surface area contributed by atoms with E-state index in [1.54, 1.807) is 0 Å². The number of nitrogens with one attached hydrogen (secondary N) is 2. The van der Waals surface area contributed by atoms with Crippen LogP contribution in [0.1, 0.15) is 13.3 Å². The van der Waals surface area contributed by atoms with Crippen LogP contribution in [0.2, 0.25) is 0 Å². The summed E-state index contributed by atoms with van der Waals surface area (Å²) in [5.41, 5.74) is 0.0347. The zero-order chi connectivity index (χ0) is 6.85. The topological polar surface area (TPSA) is 24.1 Å². The predicted octanol–water partition coefficient (Wildman–Crippen LogP) is 1.05. The van der Waals surface area contributed by atoms with Gasteiger partial charge in [0.05, 0.1) is 17.2 Å². The molecule has 0 aliphatic carbocycles.